The summed E-state index contributed by atoms with van der Waals surface area (Å²) in [4.78, 5) is 15.9. The number of ketones is 1. The second-order valence-electron chi connectivity index (χ2n) is 8.93. The molecule has 1 saturated heterocycles. The van der Waals surface area contributed by atoms with E-state index in [1.165, 1.54) is 24.3 Å². The summed E-state index contributed by atoms with van der Waals surface area (Å²) in [5.74, 6) is 0.560. The maximum Gasteiger partial charge on any atom is 0.416 e. The van der Waals surface area contributed by atoms with Crippen LogP contribution in [0, 0.1) is 19.3 Å². The molecule has 9 heteroatoms. The zero-order valence-electron chi connectivity index (χ0n) is 18.6. The monoisotopic (exact) mass is 462 g/mol. The number of carbonyl (C=O) groups excluding carboxylic acids is 1. The van der Waals surface area contributed by atoms with E-state index in [1.54, 1.807) is 13.0 Å². The number of anilines is 1. The zero-order chi connectivity index (χ0) is 23.4. The molecule has 1 fully saturated rings. The molecule has 1 aliphatic rings. The highest BCUT2D eigenvalue weighted by Crippen LogP contribution is 2.40. The summed E-state index contributed by atoms with van der Waals surface area (Å²) in [7, 11) is 1.98. The Morgan fingerprint density at radius 3 is 2.56 bits per heavy atom. The lowest BCUT2D eigenvalue weighted by Crippen LogP contribution is -2.56. The van der Waals surface area contributed by atoms with Crippen molar-refractivity contribution in [3.8, 4) is 0 Å². The smallest absolute Gasteiger partial charge is 0.362 e. The Labute approximate surface area is 188 Å². The molecular formula is C23H25F3N4OS. The van der Waals surface area contributed by atoms with Gasteiger partial charge < -0.3 is 10.2 Å². The Bertz CT molecular complexity index is 1200. The van der Waals surface area contributed by atoms with Crippen LogP contribution in [0.5, 0.6) is 0 Å². The first kappa shape index (κ1) is 22.7. The van der Waals surface area contributed by atoms with E-state index in [0.717, 1.165) is 16.2 Å². The second kappa shape index (κ2) is 7.81. The number of fused-ring (bicyclic) bond motifs is 1. The molecule has 1 N–H and O–H groups in total. The molecular weight excluding hydrogens is 437 g/mol. The number of aromatic nitrogens is 2. The number of hydrogen-bond acceptors (Lipinski definition) is 6. The molecule has 0 spiro atoms. The molecule has 0 radical (unpaired) electrons. The van der Waals surface area contributed by atoms with Gasteiger partial charge in [0.2, 0.25) is 0 Å². The molecule has 5 nitrogen and oxygen atoms in total. The van der Waals surface area contributed by atoms with Crippen molar-refractivity contribution < 1.29 is 18.0 Å². The van der Waals surface area contributed by atoms with E-state index in [4.69, 9.17) is 0 Å². The standard InChI is InChI=1S/C23H25F3N4OS/c1-12-15(7-6-8-17(12)23(24,25)26)13(2)27-21-16-9-18(32-19(16)14(3)28-29-21)20(31)22(4)10-30(5)11-22/h6-9,13H,10-11H2,1-5H3,(H,27,29)/t13-/m1/s1. The van der Waals surface area contributed by atoms with Crippen molar-refractivity contribution in [1.82, 2.24) is 15.1 Å². The Morgan fingerprint density at radius 1 is 1.25 bits per heavy atom. The van der Waals surface area contributed by atoms with Crippen LogP contribution >= 0.6 is 11.3 Å². The van der Waals surface area contributed by atoms with Gasteiger partial charge in [-0.2, -0.15) is 18.3 Å². The third-order valence-corrected chi connectivity index (χ3v) is 7.37. The Morgan fingerprint density at radius 2 is 1.94 bits per heavy atom. The number of benzene rings is 1. The van der Waals surface area contributed by atoms with E-state index in [1.807, 2.05) is 27.0 Å². The Hall–Kier alpha value is -2.52. The first-order valence-electron chi connectivity index (χ1n) is 10.3. The average molecular weight is 463 g/mol. The van der Waals surface area contributed by atoms with Gasteiger partial charge in [0.05, 0.1) is 32.3 Å². The molecule has 170 valence electrons. The number of alkyl halides is 3. The van der Waals surface area contributed by atoms with E-state index < -0.39 is 23.2 Å². The minimum absolute atomic E-state index is 0.101. The van der Waals surface area contributed by atoms with Crippen molar-refractivity contribution in [1.29, 1.82) is 0 Å². The van der Waals surface area contributed by atoms with Gasteiger partial charge >= 0.3 is 6.18 Å². The Kier molecular flexibility index (Phi) is 5.53. The van der Waals surface area contributed by atoms with E-state index >= 15 is 0 Å². The van der Waals surface area contributed by atoms with Crippen molar-refractivity contribution in [2.24, 2.45) is 5.41 Å². The van der Waals surface area contributed by atoms with Crippen molar-refractivity contribution in [3.05, 3.63) is 51.5 Å². The molecule has 1 aromatic carbocycles. The van der Waals surface area contributed by atoms with Crippen molar-refractivity contribution in [2.75, 3.05) is 25.5 Å². The van der Waals surface area contributed by atoms with Crippen LogP contribution in [0.25, 0.3) is 10.1 Å². The van der Waals surface area contributed by atoms with Gasteiger partial charge in [-0.15, -0.1) is 16.4 Å². The van der Waals surface area contributed by atoms with Gasteiger partial charge in [0.1, 0.15) is 0 Å². The van der Waals surface area contributed by atoms with E-state index in [-0.39, 0.29) is 11.3 Å². The number of aryl methyl sites for hydroxylation is 1. The van der Waals surface area contributed by atoms with Gasteiger partial charge in [-0.25, -0.2) is 0 Å². The molecule has 0 amide bonds. The van der Waals surface area contributed by atoms with Crippen molar-refractivity contribution in [2.45, 2.75) is 39.9 Å². The summed E-state index contributed by atoms with van der Waals surface area (Å²) in [5, 5.41) is 12.5. The number of halogens is 3. The number of nitrogens with one attached hydrogen (secondary N) is 1. The number of likely N-dealkylation sites (tertiary alicyclic amines) is 1. The van der Waals surface area contributed by atoms with Gasteiger partial charge in [-0.05, 0) is 58.0 Å². The lowest BCUT2D eigenvalue weighted by Gasteiger charge is -2.44. The quantitative estimate of drug-likeness (QED) is 0.498. The molecule has 4 rings (SSSR count). The first-order valence-corrected chi connectivity index (χ1v) is 11.2. The van der Waals surface area contributed by atoms with Gasteiger partial charge in [0, 0.05) is 18.5 Å². The summed E-state index contributed by atoms with van der Waals surface area (Å²) in [6.45, 7) is 8.51. The number of thiophene rings is 1. The van der Waals surface area contributed by atoms with Crippen molar-refractivity contribution >= 4 is 33.0 Å². The summed E-state index contributed by atoms with van der Waals surface area (Å²) in [6.07, 6.45) is -4.41. The highest BCUT2D eigenvalue weighted by atomic mass is 32.1. The highest BCUT2D eigenvalue weighted by Gasteiger charge is 2.44. The van der Waals surface area contributed by atoms with Crippen LogP contribution in [0.3, 0.4) is 0 Å². The molecule has 0 aliphatic carbocycles. The molecule has 0 unspecified atom stereocenters. The van der Waals surface area contributed by atoms with Gasteiger partial charge in [-0.3, -0.25) is 4.79 Å². The fraction of sp³-hybridized carbons (Fsp3) is 0.435. The third-order valence-electron chi connectivity index (χ3n) is 6.13. The minimum Gasteiger partial charge on any atom is -0.362 e. The maximum atomic E-state index is 13.3. The Balaban J connectivity index is 1.68. The van der Waals surface area contributed by atoms with Crippen LogP contribution in [0.15, 0.2) is 24.3 Å². The molecule has 2 aromatic heterocycles. The van der Waals surface area contributed by atoms with Crippen LogP contribution in [-0.4, -0.2) is 41.0 Å². The zero-order valence-corrected chi connectivity index (χ0v) is 19.4. The van der Waals surface area contributed by atoms with Crippen LogP contribution < -0.4 is 5.32 Å². The van der Waals surface area contributed by atoms with Gasteiger partial charge in [0.15, 0.2) is 11.6 Å². The SMILES string of the molecule is Cc1c([C@@H](C)Nc2nnc(C)c3sc(C(=O)C4(C)CN(C)C4)cc23)cccc1C(F)(F)F. The third kappa shape index (κ3) is 3.88. The largest absolute Gasteiger partial charge is 0.416 e. The summed E-state index contributed by atoms with van der Waals surface area (Å²) >= 11 is 1.40. The summed E-state index contributed by atoms with van der Waals surface area (Å²) in [6, 6.07) is 5.58. The number of rotatable bonds is 5. The van der Waals surface area contributed by atoms with Gasteiger partial charge in [-0.1, -0.05) is 12.1 Å². The number of nitrogens with zero attached hydrogens (tertiary/aromatic N) is 3. The number of Topliss-reactive ketones (excluding diaryl/α,β-unsaturated/α-hetero) is 1. The number of carbonyl (C=O) groups is 1. The fourth-order valence-corrected chi connectivity index (χ4v) is 5.77. The van der Waals surface area contributed by atoms with E-state index in [0.29, 0.717) is 35.0 Å². The molecule has 1 aliphatic heterocycles. The topological polar surface area (TPSA) is 58.1 Å². The molecule has 3 heterocycles. The van der Waals surface area contributed by atoms with Crippen LogP contribution in [0.1, 0.15) is 51.9 Å². The molecule has 0 bridgehead atoms. The van der Waals surface area contributed by atoms with E-state index in [2.05, 4.69) is 20.4 Å². The fourth-order valence-electron chi connectivity index (χ4n) is 4.58. The van der Waals surface area contributed by atoms with Crippen molar-refractivity contribution in [3.63, 3.8) is 0 Å². The average Bonchev–Trinajstić information content (AvgIpc) is 3.14. The minimum atomic E-state index is -4.41. The molecule has 1 atom stereocenters. The summed E-state index contributed by atoms with van der Waals surface area (Å²) in [5.41, 5.74) is 0.381. The predicted octanol–water partition coefficient (Wildman–Crippen LogP) is 5.63. The predicted molar refractivity (Wildman–Crippen MR) is 120 cm³/mol. The molecule has 32 heavy (non-hydrogen) atoms. The summed E-state index contributed by atoms with van der Waals surface area (Å²) < 4.78 is 40.8. The van der Waals surface area contributed by atoms with Gasteiger partial charge in [0.25, 0.3) is 0 Å². The lowest BCUT2D eigenvalue weighted by atomic mass is 9.78. The first-order chi connectivity index (χ1) is 14.9. The van der Waals surface area contributed by atoms with E-state index in [9.17, 15) is 18.0 Å². The van der Waals surface area contributed by atoms with Crippen LogP contribution in [0.4, 0.5) is 19.0 Å². The lowest BCUT2D eigenvalue weighted by molar-refractivity contribution is -0.138. The molecule has 0 saturated carbocycles. The number of hydrogen-bond donors (Lipinski definition) is 1. The van der Waals surface area contributed by atoms with Crippen LogP contribution in [0.2, 0.25) is 0 Å². The molecule has 3 aromatic rings. The second-order valence-corrected chi connectivity index (χ2v) is 9.99. The normalized spacial score (nSPS) is 17.2. The highest BCUT2D eigenvalue weighted by molar-refractivity contribution is 7.21. The maximum absolute atomic E-state index is 13.3. The van der Waals surface area contributed by atoms with Crippen LogP contribution in [-0.2, 0) is 6.18 Å².